The van der Waals surface area contributed by atoms with Crippen molar-refractivity contribution < 1.29 is 0 Å². The minimum atomic E-state index is -0.464. The molecule has 0 N–H and O–H groups in total. The highest BCUT2D eigenvalue weighted by Gasteiger charge is 2.53. The fraction of sp³-hybridized carbons (Fsp3) is 0.0213. The summed E-state index contributed by atoms with van der Waals surface area (Å²) in [5.74, 6) is 0. The molecule has 2 aliphatic rings. The second kappa shape index (κ2) is 9.82. The average molecular weight is 621 g/mol. The number of nitrogens with zero attached hydrogens (tertiary/aromatic N) is 2. The molecule has 0 saturated carbocycles. The molecule has 0 unspecified atom stereocenters. The SMILES string of the molecule is c1ccc(-c2ccc(-c3ccc4c5c(ccc4c3)-c3c(c4ccccc4c4ccccc34)C53c4ccccc4-c4ccccc43)cn2)nc1. The van der Waals surface area contributed by atoms with E-state index in [-0.39, 0.29) is 0 Å². The lowest BCUT2D eigenvalue weighted by Crippen LogP contribution is -2.26. The summed E-state index contributed by atoms with van der Waals surface area (Å²) in [6.07, 6.45) is 3.78. The van der Waals surface area contributed by atoms with Crippen molar-refractivity contribution in [1.29, 1.82) is 0 Å². The van der Waals surface area contributed by atoms with E-state index in [2.05, 4.69) is 145 Å². The number of hydrogen-bond donors (Lipinski definition) is 0. The Morgan fingerprint density at radius 2 is 1.02 bits per heavy atom. The molecule has 0 bridgehead atoms. The molecular formula is C47H28N2. The van der Waals surface area contributed by atoms with Gasteiger partial charge in [-0.15, -0.1) is 0 Å². The van der Waals surface area contributed by atoms with E-state index in [9.17, 15) is 0 Å². The molecule has 2 aromatic heterocycles. The maximum Gasteiger partial charge on any atom is 0.0886 e. The smallest absolute Gasteiger partial charge is 0.0886 e. The van der Waals surface area contributed by atoms with E-state index in [1.165, 1.54) is 76.8 Å². The zero-order valence-corrected chi connectivity index (χ0v) is 26.6. The first-order valence-electron chi connectivity index (χ1n) is 16.9. The summed E-state index contributed by atoms with van der Waals surface area (Å²) < 4.78 is 0. The fourth-order valence-electron chi connectivity index (χ4n) is 9.06. The van der Waals surface area contributed by atoms with Crippen molar-refractivity contribution in [2.24, 2.45) is 0 Å². The maximum atomic E-state index is 4.79. The van der Waals surface area contributed by atoms with Gasteiger partial charge in [0, 0.05) is 18.0 Å². The van der Waals surface area contributed by atoms with Crippen LogP contribution in [0.2, 0.25) is 0 Å². The third-order valence-corrected chi connectivity index (χ3v) is 10.9. The Balaban J connectivity index is 1.24. The van der Waals surface area contributed by atoms with Gasteiger partial charge in [-0.2, -0.15) is 0 Å². The van der Waals surface area contributed by atoms with E-state index in [0.29, 0.717) is 0 Å². The van der Waals surface area contributed by atoms with Gasteiger partial charge in [0.1, 0.15) is 0 Å². The number of fused-ring (bicyclic) bond motifs is 17. The van der Waals surface area contributed by atoms with Crippen molar-refractivity contribution in [3.63, 3.8) is 0 Å². The van der Waals surface area contributed by atoms with Crippen LogP contribution in [0.5, 0.6) is 0 Å². The van der Waals surface area contributed by atoms with Crippen molar-refractivity contribution >= 4 is 32.3 Å². The maximum absolute atomic E-state index is 4.79. The molecular weight excluding hydrogens is 593 g/mol. The van der Waals surface area contributed by atoms with Crippen molar-refractivity contribution in [3.8, 4) is 44.8 Å². The number of benzene rings is 7. The van der Waals surface area contributed by atoms with Gasteiger partial charge < -0.3 is 0 Å². The Kier molecular flexibility index (Phi) is 5.34. The van der Waals surface area contributed by atoms with Gasteiger partial charge in [0.2, 0.25) is 0 Å². The van der Waals surface area contributed by atoms with E-state index < -0.39 is 5.41 Å². The summed E-state index contributed by atoms with van der Waals surface area (Å²) in [4.78, 5) is 9.28. The lowest BCUT2D eigenvalue weighted by molar-refractivity contribution is 0.809. The first-order chi connectivity index (χ1) is 24.3. The zero-order chi connectivity index (χ0) is 32.1. The van der Waals surface area contributed by atoms with Crippen LogP contribution < -0.4 is 0 Å². The van der Waals surface area contributed by atoms with Crippen LogP contribution in [0.15, 0.2) is 170 Å². The van der Waals surface area contributed by atoms with Crippen molar-refractivity contribution in [3.05, 3.63) is 192 Å². The molecule has 2 heterocycles. The molecule has 226 valence electrons. The third kappa shape index (κ3) is 3.45. The van der Waals surface area contributed by atoms with Gasteiger partial charge in [0.05, 0.1) is 16.8 Å². The number of pyridine rings is 2. The van der Waals surface area contributed by atoms with E-state index in [1.54, 1.807) is 0 Å². The molecule has 2 heteroatoms. The highest BCUT2D eigenvalue weighted by Crippen LogP contribution is 2.66. The van der Waals surface area contributed by atoms with Crippen LogP contribution in [0, 0.1) is 0 Å². The van der Waals surface area contributed by atoms with Gasteiger partial charge in [0.15, 0.2) is 0 Å². The summed E-state index contributed by atoms with van der Waals surface area (Å²) >= 11 is 0. The molecule has 49 heavy (non-hydrogen) atoms. The summed E-state index contributed by atoms with van der Waals surface area (Å²) in [5.41, 5.74) is 14.4. The van der Waals surface area contributed by atoms with Crippen LogP contribution in [0.1, 0.15) is 22.3 Å². The van der Waals surface area contributed by atoms with Gasteiger partial charge in [0.25, 0.3) is 0 Å². The Hall–Kier alpha value is -6.38. The summed E-state index contributed by atoms with van der Waals surface area (Å²) in [6.45, 7) is 0. The normalized spacial score (nSPS) is 13.5. The molecule has 0 aliphatic heterocycles. The topological polar surface area (TPSA) is 25.8 Å². The molecule has 0 atom stereocenters. The van der Waals surface area contributed by atoms with Gasteiger partial charge in [-0.05, 0) is 107 Å². The Labute approximate surface area is 284 Å². The third-order valence-electron chi connectivity index (χ3n) is 10.9. The Morgan fingerprint density at radius 1 is 0.388 bits per heavy atom. The average Bonchev–Trinajstić information content (AvgIpc) is 3.66. The lowest BCUT2D eigenvalue weighted by Gasteiger charge is -2.32. The molecule has 0 saturated heterocycles. The molecule has 2 aliphatic carbocycles. The minimum absolute atomic E-state index is 0.464. The number of hydrogen-bond acceptors (Lipinski definition) is 2. The second-order valence-electron chi connectivity index (χ2n) is 13.3. The minimum Gasteiger partial charge on any atom is -0.255 e. The molecule has 7 aromatic carbocycles. The van der Waals surface area contributed by atoms with E-state index in [0.717, 1.165) is 22.5 Å². The van der Waals surface area contributed by atoms with Crippen LogP contribution in [-0.2, 0) is 5.41 Å². The monoisotopic (exact) mass is 620 g/mol. The Morgan fingerprint density at radius 3 is 1.73 bits per heavy atom. The fourth-order valence-corrected chi connectivity index (χ4v) is 9.06. The van der Waals surface area contributed by atoms with Crippen LogP contribution in [-0.4, -0.2) is 9.97 Å². The number of aromatic nitrogens is 2. The second-order valence-corrected chi connectivity index (χ2v) is 13.3. The molecule has 1 spiro atoms. The predicted molar refractivity (Wildman–Crippen MR) is 202 cm³/mol. The quantitative estimate of drug-likeness (QED) is 0.180. The summed E-state index contributed by atoms with van der Waals surface area (Å²) in [6, 6.07) is 58.1. The molecule has 11 rings (SSSR count). The molecule has 2 nitrogen and oxygen atoms in total. The van der Waals surface area contributed by atoms with Crippen LogP contribution in [0.4, 0.5) is 0 Å². The summed E-state index contributed by atoms with van der Waals surface area (Å²) in [5, 5.41) is 7.76. The van der Waals surface area contributed by atoms with Gasteiger partial charge >= 0.3 is 0 Å². The first kappa shape index (κ1) is 26.7. The van der Waals surface area contributed by atoms with E-state index in [4.69, 9.17) is 4.98 Å². The number of rotatable bonds is 2. The highest BCUT2D eigenvalue weighted by atomic mass is 14.8. The largest absolute Gasteiger partial charge is 0.255 e. The Bertz CT molecular complexity index is 2770. The van der Waals surface area contributed by atoms with Crippen LogP contribution in [0.25, 0.3) is 77.1 Å². The van der Waals surface area contributed by atoms with Crippen molar-refractivity contribution in [2.75, 3.05) is 0 Å². The van der Waals surface area contributed by atoms with Crippen LogP contribution >= 0.6 is 0 Å². The van der Waals surface area contributed by atoms with E-state index >= 15 is 0 Å². The van der Waals surface area contributed by atoms with Gasteiger partial charge in [-0.25, -0.2) is 0 Å². The lowest BCUT2D eigenvalue weighted by atomic mass is 9.68. The van der Waals surface area contributed by atoms with Crippen LogP contribution in [0.3, 0.4) is 0 Å². The highest BCUT2D eigenvalue weighted by molar-refractivity contribution is 6.21. The predicted octanol–water partition coefficient (Wildman–Crippen LogP) is 11.6. The van der Waals surface area contributed by atoms with E-state index in [1.807, 2.05) is 30.6 Å². The molecule has 9 aromatic rings. The van der Waals surface area contributed by atoms with Crippen molar-refractivity contribution in [2.45, 2.75) is 5.41 Å². The van der Waals surface area contributed by atoms with Crippen molar-refractivity contribution in [1.82, 2.24) is 9.97 Å². The first-order valence-corrected chi connectivity index (χ1v) is 16.9. The molecule has 0 amide bonds. The standard InChI is InChI=1S/C47H28N2/c1-3-15-37-33(11-1)34-12-2-4-16-38(34)46-44(37)39-24-21-30-27-29(31-22-25-43(49-28-31)42-19-9-10-26-48-42)20-23-32(30)45(39)47(46)40-17-7-5-13-35(40)36-14-6-8-18-41(36)47/h1-28H. The van der Waals surface area contributed by atoms with Gasteiger partial charge in [-0.3, -0.25) is 9.97 Å². The molecule has 0 radical (unpaired) electrons. The zero-order valence-electron chi connectivity index (χ0n) is 26.6. The summed E-state index contributed by atoms with van der Waals surface area (Å²) in [7, 11) is 0. The van der Waals surface area contributed by atoms with Gasteiger partial charge in [-0.1, -0.05) is 133 Å². The molecule has 0 fully saturated rings.